The number of hydrogen-bond acceptors (Lipinski definition) is 3. The van der Waals surface area contributed by atoms with Gasteiger partial charge < -0.3 is 20.9 Å². The highest BCUT2D eigenvalue weighted by molar-refractivity contribution is 14.0. The van der Waals surface area contributed by atoms with E-state index in [4.69, 9.17) is 0 Å². The van der Waals surface area contributed by atoms with Crippen LogP contribution >= 0.6 is 24.0 Å². The first-order valence-electron chi connectivity index (χ1n) is 10.8. The molecule has 32 heavy (non-hydrogen) atoms. The monoisotopic (exact) mass is 549 g/mol. The van der Waals surface area contributed by atoms with Gasteiger partial charge >= 0.3 is 0 Å². The average Bonchev–Trinajstić information content (AvgIpc) is 2.81. The molecule has 1 unspecified atom stereocenters. The van der Waals surface area contributed by atoms with Crippen molar-refractivity contribution in [2.75, 3.05) is 32.7 Å². The van der Waals surface area contributed by atoms with Crippen molar-refractivity contribution >= 4 is 41.8 Å². The van der Waals surface area contributed by atoms with Crippen LogP contribution in [0, 0.1) is 0 Å². The topological polar surface area (TPSA) is 85.8 Å². The maximum absolute atomic E-state index is 12.6. The quantitative estimate of drug-likeness (QED) is 0.282. The van der Waals surface area contributed by atoms with Gasteiger partial charge in [-0.1, -0.05) is 49.4 Å². The molecular weight excluding hydrogens is 517 g/mol. The van der Waals surface area contributed by atoms with E-state index in [1.54, 1.807) is 17.0 Å². The van der Waals surface area contributed by atoms with Crippen molar-refractivity contribution in [1.82, 2.24) is 20.9 Å². The number of hydrogen-bond donors (Lipinski definition) is 3. The Bertz CT molecular complexity index is 902. The van der Waals surface area contributed by atoms with E-state index in [1.165, 1.54) is 5.56 Å². The summed E-state index contributed by atoms with van der Waals surface area (Å²) in [5.41, 5.74) is 2.89. The molecule has 8 heteroatoms. The van der Waals surface area contributed by atoms with Crippen LogP contribution in [0.5, 0.6) is 0 Å². The Morgan fingerprint density at radius 3 is 2.50 bits per heavy atom. The van der Waals surface area contributed by atoms with E-state index in [0.29, 0.717) is 31.1 Å². The molecule has 1 heterocycles. The molecule has 1 saturated heterocycles. The fourth-order valence-electron chi connectivity index (χ4n) is 3.41. The molecular formula is C24H32IN5O2. The number of rotatable bonds is 7. The summed E-state index contributed by atoms with van der Waals surface area (Å²) in [7, 11) is 0. The smallest absolute Gasteiger partial charge is 0.254 e. The van der Waals surface area contributed by atoms with Crippen molar-refractivity contribution in [2.24, 2.45) is 4.99 Å². The second-order valence-electron chi connectivity index (χ2n) is 7.66. The van der Waals surface area contributed by atoms with E-state index in [2.05, 4.69) is 52.1 Å². The number of amides is 2. The lowest BCUT2D eigenvalue weighted by Crippen LogP contribution is -2.49. The first-order chi connectivity index (χ1) is 15.1. The number of guanidine groups is 1. The number of nitrogens with zero attached hydrogens (tertiary/aromatic N) is 2. The lowest BCUT2D eigenvalue weighted by Gasteiger charge is -2.26. The molecule has 0 spiro atoms. The van der Waals surface area contributed by atoms with Crippen LogP contribution in [-0.4, -0.2) is 55.4 Å². The molecule has 1 atom stereocenters. The lowest BCUT2D eigenvalue weighted by molar-refractivity contribution is -0.123. The van der Waals surface area contributed by atoms with Crippen molar-refractivity contribution in [3.63, 3.8) is 0 Å². The molecule has 172 valence electrons. The maximum Gasteiger partial charge on any atom is 0.254 e. The molecule has 3 rings (SSSR count). The van der Waals surface area contributed by atoms with Gasteiger partial charge in [0.15, 0.2) is 5.96 Å². The van der Waals surface area contributed by atoms with Gasteiger partial charge in [0.05, 0.1) is 13.1 Å². The van der Waals surface area contributed by atoms with E-state index >= 15 is 0 Å². The maximum atomic E-state index is 12.6. The van der Waals surface area contributed by atoms with Gasteiger partial charge in [-0.25, -0.2) is 4.99 Å². The highest BCUT2D eigenvalue weighted by atomic mass is 127. The molecule has 0 radical (unpaired) electrons. The number of piperazine rings is 1. The summed E-state index contributed by atoms with van der Waals surface area (Å²) in [5.74, 6) is 0.905. The summed E-state index contributed by atoms with van der Waals surface area (Å²) < 4.78 is 0. The van der Waals surface area contributed by atoms with Gasteiger partial charge in [-0.15, -0.1) is 24.0 Å². The standard InChI is InChI=1S/C24H31N5O2.HI/c1-3-25-24(27-15-18(2)20-7-5-4-6-8-20)28-16-19-9-11-21(12-10-19)23(31)29-14-13-26-22(30)17-29;/h4-12,18H,3,13-17H2,1-2H3,(H,26,30)(H2,25,27,28);1H. The predicted molar refractivity (Wildman–Crippen MR) is 138 cm³/mol. The SMILES string of the molecule is CCNC(=NCc1ccc(C(=O)N2CCNC(=O)C2)cc1)NCC(C)c1ccccc1.I. The van der Waals surface area contributed by atoms with Gasteiger partial charge in [0, 0.05) is 31.7 Å². The van der Waals surface area contributed by atoms with E-state index in [0.717, 1.165) is 24.6 Å². The van der Waals surface area contributed by atoms with Crippen molar-refractivity contribution in [3.05, 3.63) is 71.3 Å². The van der Waals surface area contributed by atoms with Crippen LogP contribution in [0.2, 0.25) is 0 Å². The fourth-order valence-corrected chi connectivity index (χ4v) is 3.41. The Morgan fingerprint density at radius 1 is 1.12 bits per heavy atom. The van der Waals surface area contributed by atoms with Crippen LogP contribution in [-0.2, 0) is 11.3 Å². The largest absolute Gasteiger partial charge is 0.357 e. The molecule has 7 nitrogen and oxygen atoms in total. The Labute approximate surface area is 207 Å². The Balaban J connectivity index is 0.00000363. The van der Waals surface area contributed by atoms with E-state index < -0.39 is 0 Å². The van der Waals surface area contributed by atoms with Crippen LogP contribution in [0.3, 0.4) is 0 Å². The summed E-state index contributed by atoms with van der Waals surface area (Å²) in [5, 5.41) is 9.41. The molecule has 1 fully saturated rings. The fraction of sp³-hybridized carbons (Fsp3) is 0.375. The Hall–Kier alpha value is -2.62. The van der Waals surface area contributed by atoms with Crippen LogP contribution in [0.4, 0.5) is 0 Å². The zero-order chi connectivity index (χ0) is 22.1. The van der Waals surface area contributed by atoms with E-state index in [-0.39, 0.29) is 42.3 Å². The van der Waals surface area contributed by atoms with Gasteiger partial charge in [-0.05, 0) is 36.1 Å². The minimum atomic E-state index is -0.116. The second-order valence-corrected chi connectivity index (χ2v) is 7.66. The number of carbonyl (C=O) groups excluding carboxylic acids is 2. The van der Waals surface area contributed by atoms with Crippen molar-refractivity contribution in [1.29, 1.82) is 0 Å². The molecule has 1 aliphatic rings. The van der Waals surface area contributed by atoms with E-state index in [9.17, 15) is 9.59 Å². The Morgan fingerprint density at radius 2 is 1.84 bits per heavy atom. The van der Waals surface area contributed by atoms with Gasteiger partial charge in [-0.2, -0.15) is 0 Å². The summed E-state index contributed by atoms with van der Waals surface area (Å²) in [6, 6.07) is 17.8. The van der Waals surface area contributed by atoms with Crippen molar-refractivity contribution in [2.45, 2.75) is 26.3 Å². The van der Waals surface area contributed by atoms with Gasteiger partial charge in [-0.3, -0.25) is 9.59 Å². The third-order valence-electron chi connectivity index (χ3n) is 5.23. The third-order valence-corrected chi connectivity index (χ3v) is 5.23. The number of carbonyl (C=O) groups is 2. The Kier molecular flexibility index (Phi) is 10.5. The first-order valence-corrected chi connectivity index (χ1v) is 10.8. The summed E-state index contributed by atoms with van der Waals surface area (Å²) in [6.07, 6.45) is 0. The minimum absolute atomic E-state index is 0. The highest BCUT2D eigenvalue weighted by Gasteiger charge is 2.22. The van der Waals surface area contributed by atoms with Gasteiger partial charge in [0.25, 0.3) is 5.91 Å². The number of halogens is 1. The number of nitrogens with one attached hydrogen (secondary N) is 3. The summed E-state index contributed by atoms with van der Waals surface area (Å²) in [4.78, 5) is 30.3. The summed E-state index contributed by atoms with van der Waals surface area (Å²) >= 11 is 0. The predicted octanol–water partition coefficient (Wildman–Crippen LogP) is 2.74. The number of benzene rings is 2. The van der Waals surface area contributed by atoms with Crippen LogP contribution in [0.1, 0.15) is 41.3 Å². The van der Waals surface area contributed by atoms with Gasteiger partial charge in [0.2, 0.25) is 5.91 Å². The molecule has 0 aliphatic carbocycles. The zero-order valence-electron chi connectivity index (χ0n) is 18.6. The normalized spacial score (nSPS) is 14.8. The van der Waals surface area contributed by atoms with Crippen LogP contribution < -0.4 is 16.0 Å². The minimum Gasteiger partial charge on any atom is -0.357 e. The highest BCUT2D eigenvalue weighted by Crippen LogP contribution is 2.13. The molecule has 0 bridgehead atoms. The van der Waals surface area contributed by atoms with Gasteiger partial charge in [0.1, 0.15) is 0 Å². The number of aliphatic imine (C=N–C) groups is 1. The molecule has 0 saturated carbocycles. The van der Waals surface area contributed by atoms with Crippen molar-refractivity contribution < 1.29 is 9.59 Å². The molecule has 0 aromatic heterocycles. The average molecular weight is 549 g/mol. The lowest BCUT2D eigenvalue weighted by atomic mass is 10.0. The van der Waals surface area contributed by atoms with Crippen molar-refractivity contribution in [3.8, 4) is 0 Å². The molecule has 2 aromatic rings. The molecule has 1 aliphatic heterocycles. The third kappa shape index (κ3) is 7.51. The van der Waals surface area contributed by atoms with Crippen LogP contribution in [0.15, 0.2) is 59.6 Å². The zero-order valence-corrected chi connectivity index (χ0v) is 21.0. The molecule has 2 aromatic carbocycles. The first kappa shape index (κ1) is 25.6. The van der Waals surface area contributed by atoms with E-state index in [1.807, 2.05) is 25.1 Å². The molecule has 3 N–H and O–H groups in total. The molecule has 2 amide bonds. The van der Waals surface area contributed by atoms with Crippen LogP contribution in [0.25, 0.3) is 0 Å². The summed E-state index contributed by atoms with van der Waals surface area (Å²) in [6.45, 7) is 7.46. The second kappa shape index (κ2) is 13.0.